The Morgan fingerprint density at radius 1 is 1.42 bits per heavy atom. The zero-order valence-electron chi connectivity index (χ0n) is 7.74. The second-order valence-electron chi connectivity index (χ2n) is 3.34. The Hall–Kier alpha value is 0.660. The third-order valence-corrected chi connectivity index (χ3v) is 2.05. The molecule has 0 atom stereocenters. The van der Waals surface area contributed by atoms with Crippen LogP contribution in [-0.2, 0) is 0 Å². The summed E-state index contributed by atoms with van der Waals surface area (Å²) in [5, 5.41) is 1.02. The Morgan fingerprint density at radius 3 is 2.33 bits per heavy atom. The number of allylic oxidation sites excluding steroid dienone is 1. The summed E-state index contributed by atoms with van der Waals surface area (Å²) >= 11 is 7.02. The topological polar surface area (TPSA) is 26.0 Å². The van der Waals surface area contributed by atoms with Crippen LogP contribution in [0.1, 0.15) is 26.7 Å². The van der Waals surface area contributed by atoms with Gasteiger partial charge >= 0.3 is 0 Å². The lowest BCUT2D eigenvalue weighted by molar-refractivity contribution is 0.843. The minimum absolute atomic E-state index is 0.0969. The number of hydrogen-bond donors (Lipinski definition) is 1. The van der Waals surface area contributed by atoms with E-state index in [4.69, 9.17) is 5.73 Å². The molecular weight excluding hydrogens is 282 g/mol. The van der Waals surface area contributed by atoms with Crippen molar-refractivity contribution in [3.8, 4) is 0 Å². The first kappa shape index (κ1) is 12.7. The molecular formula is C9H17Br2N. The molecule has 0 aliphatic rings. The monoisotopic (exact) mass is 297 g/mol. The van der Waals surface area contributed by atoms with Crippen LogP contribution in [0, 0.1) is 0 Å². The molecule has 0 aromatic heterocycles. The lowest BCUT2D eigenvalue weighted by Crippen LogP contribution is -2.08. The molecule has 12 heavy (non-hydrogen) atoms. The summed E-state index contributed by atoms with van der Waals surface area (Å²) in [4.78, 5) is 0. The van der Waals surface area contributed by atoms with Gasteiger partial charge in [0.25, 0.3) is 0 Å². The molecule has 72 valence electrons. The Balaban J connectivity index is 4.17. The number of nitrogens with two attached hydrogens (primary N) is 1. The SMILES string of the molecule is CC(C)(Br)/C=C(/CCN)CCBr. The average molecular weight is 299 g/mol. The fraction of sp³-hybridized carbons (Fsp3) is 0.778. The summed E-state index contributed by atoms with van der Waals surface area (Å²) in [5.41, 5.74) is 6.93. The normalized spacial score (nSPS) is 13.6. The Morgan fingerprint density at radius 2 is 2.00 bits per heavy atom. The van der Waals surface area contributed by atoms with E-state index in [-0.39, 0.29) is 4.32 Å². The fourth-order valence-electron chi connectivity index (χ4n) is 1.06. The van der Waals surface area contributed by atoms with E-state index < -0.39 is 0 Å². The largest absolute Gasteiger partial charge is 0.330 e. The standard InChI is InChI=1S/C9H17Br2N/c1-9(2,11)7-8(3-5-10)4-6-12/h7H,3-6,12H2,1-2H3/b8-7+. The zero-order valence-corrected chi connectivity index (χ0v) is 10.9. The van der Waals surface area contributed by atoms with E-state index in [1.165, 1.54) is 5.57 Å². The van der Waals surface area contributed by atoms with Crippen molar-refractivity contribution >= 4 is 31.9 Å². The molecule has 2 N–H and O–H groups in total. The molecule has 0 rings (SSSR count). The van der Waals surface area contributed by atoms with Crippen molar-refractivity contribution in [2.45, 2.75) is 31.0 Å². The molecule has 0 bridgehead atoms. The van der Waals surface area contributed by atoms with Gasteiger partial charge in [0, 0.05) is 9.65 Å². The van der Waals surface area contributed by atoms with E-state index in [1.807, 2.05) is 0 Å². The summed E-state index contributed by atoms with van der Waals surface area (Å²) in [7, 11) is 0. The highest BCUT2D eigenvalue weighted by Crippen LogP contribution is 2.22. The van der Waals surface area contributed by atoms with Crippen molar-refractivity contribution in [3.63, 3.8) is 0 Å². The Kier molecular flexibility index (Phi) is 6.50. The maximum Gasteiger partial charge on any atom is 0.0383 e. The van der Waals surface area contributed by atoms with E-state index in [1.54, 1.807) is 0 Å². The Labute approximate surface area is 92.0 Å². The summed E-state index contributed by atoms with van der Waals surface area (Å²) < 4.78 is 0.0969. The van der Waals surface area contributed by atoms with Gasteiger partial charge < -0.3 is 5.73 Å². The first-order chi connectivity index (χ1) is 5.49. The second kappa shape index (κ2) is 6.17. The maximum atomic E-state index is 5.51. The van der Waals surface area contributed by atoms with Crippen LogP contribution in [0.2, 0.25) is 0 Å². The van der Waals surface area contributed by atoms with Crippen LogP contribution >= 0.6 is 31.9 Å². The molecule has 1 nitrogen and oxygen atoms in total. The van der Waals surface area contributed by atoms with E-state index in [0.717, 1.165) is 24.7 Å². The van der Waals surface area contributed by atoms with Gasteiger partial charge in [-0.15, -0.1) is 0 Å². The average Bonchev–Trinajstić information content (AvgIpc) is 1.84. The number of halogens is 2. The second-order valence-corrected chi connectivity index (χ2v) is 6.18. The zero-order chi connectivity index (χ0) is 9.61. The molecule has 0 unspecified atom stereocenters. The van der Waals surface area contributed by atoms with Crippen molar-refractivity contribution in [1.82, 2.24) is 0 Å². The quantitative estimate of drug-likeness (QED) is 0.612. The lowest BCUT2D eigenvalue weighted by atomic mass is 10.0. The predicted octanol–water partition coefficient (Wildman–Crippen LogP) is 3.22. The van der Waals surface area contributed by atoms with Crippen LogP contribution in [0.4, 0.5) is 0 Å². The molecule has 0 aliphatic heterocycles. The van der Waals surface area contributed by atoms with Gasteiger partial charge in [-0.3, -0.25) is 0 Å². The molecule has 0 fully saturated rings. The highest BCUT2D eigenvalue weighted by molar-refractivity contribution is 9.10. The molecule has 0 saturated heterocycles. The van der Waals surface area contributed by atoms with Crippen molar-refractivity contribution < 1.29 is 0 Å². The summed E-state index contributed by atoms with van der Waals surface area (Å²) in [6, 6.07) is 0. The van der Waals surface area contributed by atoms with Gasteiger partial charge in [0.15, 0.2) is 0 Å². The number of alkyl halides is 2. The highest BCUT2D eigenvalue weighted by atomic mass is 79.9. The van der Waals surface area contributed by atoms with Crippen LogP contribution in [-0.4, -0.2) is 16.2 Å². The fourth-order valence-corrected chi connectivity index (χ4v) is 1.89. The van der Waals surface area contributed by atoms with Crippen molar-refractivity contribution in [2.24, 2.45) is 5.73 Å². The summed E-state index contributed by atoms with van der Waals surface area (Å²) in [6.45, 7) is 5.01. The van der Waals surface area contributed by atoms with Crippen LogP contribution < -0.4 is 5.73 Å². The molecule has 0 aromatic rings. The van der Waals surface area contributed by atoms with E-state index >= 15 is 0 Å². The highest BCUT2D eigenvalue weighted by Gasteiger charge is 2.09. The van der Waals surface area contributed by atoms with Crippen LogP contribution in [0.5, 0.6) is 0 Å². The van der Waals surface area contributed by atoms with Gasteiger partial charge in [0.05, 0.1) is 0 Å². The predicted molar refractivity (Wildman–Crippen MR) is 63.2 cm³/mol. The molecule has 0 aromatic carbocycles. The van der Waals surface area contributed by atoms with Crippen molar-refractivity contribution in [1.29, 1.82) is 0 Å². The molecule has 0 aliphatic carbocycles. The van der Waals surface area contributed by atoms with Crippen LogP contribution in [0.3, 0.4) is 0 Å². The molecule has 0 amide bonds. The van der Waals surface area contributed by atoms with Gasteiger partial charge in [0.1, 0.15) is 0 Å². The molecule has 0 radical (unpaired) electrons. The van der Waals surface area contributed by atoms with Crippen LogP contribution in [0.15, 0.2) is 11.6 Å². The summed E-state index contributed by atoms with van der Waals surface area (Å²) in [5.74, 6) is 0. The van der Waals surface area contributed by atoms with Gasteiger partial charge in [-0.1, -0.05) is 43.5 Å². The minimum atomic E-state index is 0.0969. The smallest absolute Gasteiger partial charge is 0.0383 e. The van der Waals surface area contributed by atoms with Gasteiger partial charge in [-0.2, -0.15) is 0 Å². The third kappa shape index (κ3) is 7.32. The van der Waals surface area contributed by atoms with Gasteiger partial charge in [-0.25, -0.2) is 0 Å². The van der Waals surface area contributed by atoms with Crippen molar-refractivity contribution in [3.05, 3.63) is 11.6 Å². The Bertz CT molecular complexity index is 139. The van der Waals surface area contributed by atoms with E-state index in [9.17, 15) is 0 Å². The summed E-state index contributed by atoms with van der Waals surface area (Å²) in [6.07, 6.45) is 4.34. The first-order valence-corrected chi connectivity index (χ1v) is 6.06. The molecule has 3 heteroatoms. The molecule has 0 saturated carbocycles. The van der Waals surface area contributed by atoms with Crippen LogP contribution in [0.25, 0.3) is 0 Å². The van der Waals surface area contributed by atoms with Crippen molar-refractivity contribution in [2.75, 3.05) is 11.9 Å². The van der Waals surface area contributed by atoms with Gasteiger partial charge in [-0.05, 0) is 33.2 Å². The third-order valence-electron chi connectivity index (χ3n) is 1.43. The molecule has 0 spiro atoms. The van der Waals surface area contributed by atoms with E-state index in [0.29, 0.717) is 0 Å². The number of hydrogen-bond acceptors (Lipinski definition) is 1. The number of rotatable bonds is 5. The minimum Gasteiger partial charge on any atom is -0.330 e. The lowest BCUT2D eigenvalue weighted by Gasteiger charge is -2.13. The van der Waals surface area contributed by atoms with Gasteiger partial charge in [0.2, 0.25) is 0 Å². The van der Waals surface area contributed by atoms with E-state index in [2.05, 4.69) is 51.8 Å². The molecule has 0 heterocycles. The maximum absolute atomic E-state index is 5.51. The first-order valence-electron chi connectivity index (χ1n) is 4.15.